The van der Waals surface area contributed by atoms with Crippen LogP contribution in [0.25, 0.3) is 0 Å². The second kappa shape index (κ2) is 8.90. The van der Waals surface area contributed by atoms with Gasteiger partial charge in [0.1, 0.15) is 0 Å². The van der Waals surface area contributed by atoms with Gasteiger partial charge in [0.05, 0.1) is 0 Å². The van der Waals surface area contributed by atoms with Gasteiger partial charge in [-0.15, -0.1) is 0 Å². The maximum atomic E-state index is 11.0. The first-order valence-electron chi connectivity index (χ1n) is 7.70. The molecule has 0 fully saturated rings. The Labute approximate surface area is 118 Å². The molecule has 1 aliphatic rings. The number of unbranched alkanes of at least 4 members (excludes halogenated alkanes) is 3. The number of ketones is 1. The van der Waals surface area contributed by atoms with E-state index in [1.165, 1.54) is 37.7 Å². The van der Waals surface area contributed by atoms with Crippen LogP contribution in [0.2, 0.25) is 0 Å². The summed E-state index contributed by atoms with van der Waals surface area (Å²) in [5.41, 5.74) is 2.92. The van der Waals surface area contributed by atoms with E-state index in [2.05, 4.69) is 26.0 Å². The number of carbonyl (C=O) groups is 1. The molecular weight excluding hydrogens is 232 g/mol. The molecule has 0 bridgehead atoms. The Hall–Kier alpha value is -1.11. The minimum absolute atomic E-state index is 0.130. The molecule has 0 amide bonds. The van der Waals surface area contributed by atoms with Crippen LogP contribution in [-0.2, 0) is 4.79 Å². The van der Waals surface area contributed by atoms with Gasteiger partial charge in [-0.2, -0.15) is 0 Å². The van der Waals surface area contributed by atoms with Crippen LogP contribution in [0.4, 0.5) is 0 Å². The standard InChI is InChI=1S/C18H28O/c1-4-5-6-7-10-18-11-8-9-17(14-15(18)2)13-12-16(3)19/h9,11-13,15H,4-8,10,14H2,1-3H3/b13-12+. The number of allylic oxidation sites excluding steroid dienone is 6. The normalized spacial score (nSPS) is 20.1. The molecule has 0 radical (unpaired) electrons. The molecule has 0 aromatic carbocycles. The van der Waals surface area contributed by atoms with E-state index in [-0.39, 0.29) is 5.78 Å². The van der Waals surface area contributed by atoms with Gasteiger partial charge >= 0.3 is 0 Å². The average molecular weight is 260 g/mol. The molecule has 106 valence electrons. The van der Waals surface area contributed by atoms with E-state index in [0.29, 0.717) is 5.92 Å². The van der Waals surface area contributed by atoms with Gasteiger partial charge in [-0.3, -0.25) is 4.79 Å². The van der Waals surface area contributed by atoms with Crippen molar-refractivity contribution in [3.63, 3.8) is 0 Å². The van der Waals surface area contributed by atoms with Gasteiger partial charge < -0.3 is 0 Å². The van der Waals surface area contributed by atoms with Gasteiger partial charge in [0, 0.05) is 0 Å². The van der Waals surface area contributed by atoms with Gasteiger partial charge in [-0.1, -0.05) is 62.5 Å². The van der Waals surface area contributed by atoms with E-state index in [4.69, 9.17) is 0 Å². The fourth-order valence-corrected chi connectivity index (χ4v) is 2.60. The molecule has 0 aliphatic heterocycles. The highest BCUT2D eigenvalue weighted by molar-refractivity contribution is 5.87. The van der Waals surface area contributed by atoms with Crippen molar-refractivity contribution in [2.45, 2.75) is 65.7 Å². The molecule has 1 heteroatoms. The van der Waals surface area contributed by atoms with Crippen LogP contribution < -0.4 is 0 Å². The summed E-state index contributed by atoms with van der Waals surface area (Å²) < 4.78 is 0. The topological polar surface area (TPSA) is 17.1 Å². The number of carbonyl (C=O) groups excluding carboxylic acids is 1. The molecule has 0 saturated heterocycles. The minimum Gasteiger partial charge on any atom is -0.295 e. The van der Waals surface area contributed by atoms with E-state index in [1.54, 1.807) is 18.6 Å². The van der Waals surface area contributed by atoms with E-state index < -0.39 is 0 Å². The molecule has 1 atom stereocenters. The zero-order chi connectivity index (χ0) is 14.1. The lowest BCUT2D eigenvalue weighted by molar-refractivity contribution is -0.112. The zero-order valence-corrected chi connectivity index (χ0v) is 12.7. The molecule has 1 rings (SSSR count). The van der Waals surface area contributed by atoms with Gasteiger partial charge in [0.25, 0.3) is 0 Å². The Bertz CT molecular complexity index is 371. The molecule has 0 saturated carbocycles. The fourth-order valence-electron chi connectivity index (χ4n) is 2.60. The van der Waals surface area contributed by atoms with Gasteiger partial charge in [0.2, 0.25) is 0 Å². The molecule has 1 aliphatic carbocycles. The van der Waals surface area contributed by atoms with Crippen LogP contribution >= 0.6 is 0 Å². The summed E-state index contributed by atoms with van der Waals surface area (Å²) in [5.74, 6) is 0.748. The number of rotatable bonds is 7. The molecular formula is C18H28O. The van der Waals surface area contributed by atoms with Crippen LogP contribution in [-0.4, -0.2) is 5.78 Å². The molecule has 19 heavy (non-hydrogen) atoms. The number of hydrogen-bond donors (Lipinski definition) is 0. The largest absolute Gasteiger partial charge is 0.295 e. The van der Waals surface area contributed by atoms with Gasteiger partial charge in [-0.05, 0) is 44.6 Å². The summed E-state index contributed by atoms with van der Waals surface area (Å²) in [6.45, 7) is 6.17. The zero-order valence-electron chi connectivity index (χ0n) is 12.7. The highest BCUT2D eigenvalue weighted by Gasteiger charge is 2.12. The van der Waals surface area contributed by atoms with Crippen LogP contribution in [0, 0.1) is 5.92 Å². The van der Waals surface area contributed by atoms with Crippen molar-refractivity contribution >= 4 is 5.78 Å². The van der Waals surface area contributed by atoms with Gasteiger partial charge in [0.15, 0.2) is 5.78 Å². The average Bonchev–Trinajstić information content (AvgIpc) is 2.54. The van der Waals surface area contributed by atoms with Crippen molar-refractivity contribution in [1.29, 1.82) is 0 Å². The van der Waals surface area contributed by atoms with Crippen LogP contribution in [0.5, 0.6) is 0 Å². The third kappa shape index (κ3) is 6.56. The first kappa shape index (κ1) is 15.9. The maximum absolute atomic E-state index is 11.0. The van der Waals surface area contributed by atoms with Crippen molar-refractivity contribution in [3.8, 4) is 0 Å². The fraction of sp³-hybridized carbons (Fsp3) is 0.611. The summed E-state index contributed by atoms with van der Waals surface area (Å²) in [4.78, 5) is 11.0. The minimum atomic E-state index is 0.130. The summed E-state index contributed by atoms with van der Waals surface area (Å²) in [7, 11) is 0. The lowest BCUT2D eigenvalue weighted by atomic mass is 9.91. The predicted octanol–water partition coefficient (Wildman–Crippen LogP) is 5.38. The lowest BCUT2D eigenvalue weighted by Crippen LogP contribution is -2.00. The summed E-state index contributed by atoms with van der Waals surface area (Å²) in [6, 6.07) is 0. The quantitative estimate of drug-likeness (QED) is 0.341. The van der Waals surface area contributed by atoms with Crippen molar-refractivity contribution in [2.75, 3.05) is 0 Å². The summed E-state index contributed by atoms with van der Waals surface area (Å²) >= 11 is 0. The van der Waals surface area contributed by atoms with Gasteiger partial charge in [-0.25, -0.2) is 0 Å². The predicted molar refractivity (Wildman–Crippen MR) is 83.1 cm³/mol. The molecule has 0 aromatic rings. The highest BCUT2D eigenvalue weighted by atomic mass is 16.1. The van der Waals surface area contributed by atoms with E-state index in [0.717, 1.165) is 12.8 Å². The molecule has 0 N–H and O–H groups in total. The van der Waals surface area contributed by atoms with E-state index in [9.17, 15) is 4.79 Å². The third-order valence-corrected chi connectivity index (χ3v) is 3.79. The smallest absolute Gasteiger partial charge is 0.152 e. The highest BCUT2D eigenvalue weighted by Crippen LogP contribution is 2.28. The van der Waals surface area contributed by atoms with Crippen LogP contribution in [0.15, 0.2) is 35.5 Å². The second-order valence-corrected chi connectivity index (χ2v) is 5.65. The second-order valence-electron chi connectivity index (χ2n) is 5.65. The lowest BCUT2D eigenvalue weighted by Gasteiger charge is -2.15. The Morgan fingerprint density at radius 2 is 2.11 bits per heavy atom. The maximum Gasteiger partial charge on any atom is 0.152 e. The molecule has 1 unspecified atom stereocenters. The molecule has 0 aromatic heterocycles. The SMILES string of the molecule is CCCCCCC1=CCC=C(/C=C/C(C)=O)CC1C. The molecule has 0 heterocycles. The number of hydrogen-bond acceptors (Lipinski definition) is 1. The Morgan fingerprint density at radius 1 is 1.32 bits per heavy atom. The van der Waals surface area contributed by atoms with Crippen molar-refractivity contribution in [3.05, 3.63) is 35.5 Å². The Morgan fingerprint density at radius 3 is 2.79 bits per heavy atom. The third-order valence-electron chi connectivity index (χ3n) is 3.79. The van der Waals surface area contributed by atoms with Crippen LogP contribution in [0.1, 0.15) is 65.7 Å². The monoisotopic (exact) mass is 260 g/mol. The Balaban J connectivity index is 2.46. The van der Waals surface area contributed by atoms with Crippen LogP contribution in [0.3, 0.4) is 0 Å². The van der Waals surface area contributed by atoms with Crippen molar-refractivity contribution < 1.29 is 4.79 Å². The first-order valence-corrected chi connectivity index (χ1v) is 7.70. The van der Waals surface area contributed by atoms with Crippen molar-refractivity contribution in [2.24, 2.45) is 5.92 Å². The summed E-state index contributed by atoms with van der Waals surface area (Å²) in [6.07, 6.45) is 17.0. The molecule has 1 nitrogen and oxygen atoms in total. The van der Waals surface area contributed by atoms with E-state index >= 15 is 0 Å². The Kier molecular flexibility index (Phi) is 7.47. The summed E-state index contributed by atoms with van der Waals surface area (Å²) in [5, 5.41) is 0. The van der Waals surface area contributed by atoms with E-state index in [1.807, 2.05) is 6.08 Å². The molecule has 0 spiro atoms. The first-order chi connectivity index (χ1) is 9.13. The van der Waals surface area contributed by atoms with Crippen molar-refractivity contribution in [1.82, 2.24) is 0 Å².